The zero-order chi connectivity index (χ0) is 18.4. The minimum absolute atomic E-state index is 0.0288. The molecule has 5 rings (SSSR count). The van der Waals surface area contributed by atoms with Crippen LogP contribution in [-0.2, 0) is 6.54 Å². The van der Waals surface area contributed by atoms with Crippen molar-refractivity contribution in [2.75, 3.05) is 13.3 Å². The van der Waals surface area contributed by atoms with E-state index in [0.29, 0.717) is 24.5 Å². The molecule has 2 aliphatic heterocycles. The third-order valence-electron chi connectivity index (χ3n) is 5.63. The first kappa shape index (κ1) is 16.4. The lowest BCUT2D eigenvalue weighted by Crippen LogP contribution is -2.45. The van der Waals surface area contributed by atoms with Crippen molar-refractivity contribution in [2.24, 2.45) is 0 Å². The molecule has 6 heteroatoms. The van der Waals surface area contributed by atoms with E-state index >= 15 is 0 Å². The van der Waals surface area contributed by atoms with Crippen molar-refractivity contribution in [1.29, 1.82) is 0 Å². The number of carbonyl (C=O) groups excluding carboxylic acids is 1. The molecule has 3 heterocycles. The van der Waals surface area contributed by atoms with Crippen LogP contribution in [0.15, 0.2) is 30.3 Å². The van der Waals surface area contributed by atoms with Crippen molar-refractivity contribution in [3.63, 3.8) is 0 Å². The molecule has 1 aliphatic carbocycles. The van der Waals surface area contributed by atoms with Gasteiger partial charge in [0.15, 0.2) is 11.5 Å². The zero-order valence-electron chi connectivity index (χ0n) is 15.4. The van der Waals surface area contributed by atoms with Crippen LogP contribution < -0.4 is 14.2 Å². The second-order valence-electron chi connectivity index (χ2n) is 7.65. The van der Waals surface area contributed by atoms with Crippen molar-refractivity contribution < 1.29 is 19.0 Å². The van der Waals surface area contributed by atoms with E-state index in [9.17, 15) is 4.79 Å². The Labute approximate surface area is 158 Å². The number of carbonyl (C=O) groups is 1. The molecule has 0 radical (unpaired) electrons. The monoisotopic (exact) mass is 366 g/mol. The van der Waals surface area contributed by atoms with Crippen molar-refractivity contribution in [3.05, 3.63) is 47.2 Å². The first-order valence-electron chi connectivity index (χ1n) is 9.46. The number of hydrogen-bond acceptors (Lipinski definition) is 5. The Hall–Kier alpha value is -2.76. The number of benzene rings is 1. The van der Waals surface area contributed by atoms with Gasteiger partial charge in [-0.3, -0.25) is 4.79 Å². The highest BCUT2D eigenvalue weighted by atomic mass is 16.7. The summed E-state index contributed by atoms with van der Waals surface area (Å²) in [5.41, 5.74) is 2.09. The molecule has 0 unspecified atom stereocenters. The molecular formula is C21H22N2O4. The summed E-state index contributed by atoms with van der Waals surface area (Å²) in [6.45, 7) is 3.26. The lowest BCUT2D eigenvalue weighted by atomic mass is 10.0. The molecule has 1 spiro atoms. The number of fused-ring (bicyclic) bond motifs is 2. The second-order valence-corrected chi connectivity index (χ2v) is 7.65. The summed E-state index contributed by atoms with van der Waals surface area (Å²) in [6, 6.07) is 9.55. The molecule has 1 aromatic carbocycles. The third-order valence-corrected chi connectivity index (χ3v) is 5.63. The van der Waals surface area contributed by atoms with Crippen LogP contribution in [0.5, 0.6) is 17.4 Å². The van der Waals surface area contributed by atoms with Crippen LogP contribution in [0.4, 0.5) is 0 Å². The van der Waals surface area contributed by atoms with Gasteiger partial charge in [0.1, 0.15) is 11.2 Å². The number of amides is 1. The Bertz CT molecular complexity index is 905. The van der Waals surface area contributed by atoms with E-state index in [1.54, 1.807) is 0 Å². The third kappa shape index (κ3) is 2.89. The van der Waals surface area contributed by atoms with Gasteiger partial charge in [-0.15, -0.1) is 0 Å². The lowest BCUT2D eigenvalue weighted by Gasteiger charge is -2.32. The number of hydrogen-bond donors (Lipinski definition) is 0. The van der Waals surface area contributed by atoms with E-state index in [1.807, 2.05) is 42.2 Å². The molecule has 0 bridgehead atoms. The average Bonchev–Trinajstić information content (AvgIpc) is 3.27. The summed E-state index contributed by atoms with van der Waals surface area (Å²) < 4.78 is 17.2. The average molecular weight is 366 g/mol. The fourth-order valence-corrected chi connectivity index (χ4v) is 4.27. The van der Waals surface area contributed by atoms with Gasteiger partial charge in [0, 0.05) is 12.2 Å². The fourth-order valence-electron chi connectivity index (χ4n) is 4.27. The van der Waals surface area contributed by atoms with Crippen LogP contribution in [0.25, 0.3) is 0 Å². The molecule has 1 amide bonds. The number of ether oxygens (including phenoxy) is 3. The van der Waals surface area contributed by atoms with Gasteiger partial charge in [0.05, 0.1) is 6.54 Å². The van der Waals surface area contributed by atoms with Crippen LogP contribution in [0, 0.1) is 6.92 Å². The highest BCUT2D eigenvalue weighted by molar-refractivity contribution is 5.96. The van der Waals surface area contributed by atoms with Gasteiger partial charge in [-0.25, -0.2) is 4.98 Å². The predicted molar refractivity (Wildman–Crippen MR) is 98.1 cm³/mol. The molecule has 1 fully saturated rings. The van der Waals surface area contributed by atoms with Gasteiger partial charge < -0.3 is 19.1 Å². The highest BCUT2D eigenvalue weighted by Crippen LogP contribution is 2.39. The van der Waals surface area contributed by atoms with Gasteiger partial charge in [0.25, 0.3) is 5.91 Å². The largest absolute Gasteiger partial charge is 0.469 e. The van der Waals surface area contributed by atoms with Crippen LogP contribution in [0.3, 0.4) is 0 Å². The first-order valence-corrected chi connectivity index (χ1v) is 9.46. The molecule has 0 saturated heterocycles. The van der Waals surface area contributed by atoms with Gasteiger partial charge in [-0.2, -0.15) is 0 Å². The number of rotatable bonds is 2. The molecular weight excluding hydrogens is 344 g/mol. The van der Waals surface area contributed by atoms with Crippen molar-refractivity contribution in [3.8, 4) is 17.4 Å². The summed E-state index contributed by atoms with van der Waals surface area (Å²) in [5.74, 6) is 1.94. The smallest absolute Gasteiger partial charge is 0.259 e. The van der Waals surface area contributed by atoms with E-state index in [1.165, 1.54) is 0 Å². The number of aryl methyl sites for hydroxylation is 1. The second kappa shape index (κ2) is 6.15. The van der Waals surface area contributed by atoms with Gasteiger partial charge >= 0.3 is 0 Å². The Morgan fingerprint density at radius 2 is 1.93 bits per heavy atom. The standard InChI is InChI=1S/C21H22N2O4/c1-14-4-6-16-19(22-14)27-21(8-2-3-9-21)12-23(20(16)24)11-15-5-7-17-18(10-15)26-13-25-17/h4-7,10H,2-3,8-9,11-13H2,1H3. The lowest BCUT2D eigenvalue weighted by molar-refractivity contribution is 0.0338. The summed E-state index contributed by atoms with van der Waals surface area (Å²) in [4.78, 5) is 19.7. The zero-order valence-corrected chi connectivity index (χ0v) is 15.4. The molecule has 140 valence electrons. The van der Waals surface area contributed by atoms with E-state index in [4.69, 9.17) is 14.2 Å². The quantitative estimate of drug-likeness (QED) is 0.814. The first-order chi connectivity index (χ1) is 13.1. The number of aromatic nitrogens is 1. The van der Waals surface area contributed by atoms with E-state index < -0.39 is 0 Å². The Balaban J connectivity index is 1.50. The van der Waals surface area contributed by atoms with Crippen LogP contribution in [0.2, 0.25) is 0 Å². The fraction of sp³-hybridized carbons (Fsp3) is 0.429. The van der Waals surface area contributed by atoms with Gasteiger partial charge in [-0.1, -0.05) is 6.07 Å². The summed E-state index contributed by atoms with van der Waals surface area (Å²) in [5, 5.41) is 0. The van der Waals surface area contributed by atoms with Crippen LogP contribution >= 0.6 is 0 Å². The normalized spacial score (nSPS) is 19.7. The van der Waals surface area contributed by atoms with Gasteiger partial charge in [0.2, 0.25) is 12.7 Å². The predicted octanol–water partition coefficient (Wildman–Crippen LogP) is 3.47. The maximum Gasteiger partial charge on any atom is 0.259 e. The van der Waals surface area contributed by atoms with Crippen molar-refractivity contribution >= 4 is 5.91 Å². The van der Waals surface area contributed by atoms with Crippen LogP contribution in [0.1, 0.15) is 47.3 Å². The van der Waals surface area contributed by atoms with Crippen molar-refractivity contribution in [2.45, 2.75) is 44.8 Å². The van der Waals surface area contributed by atoms with E-state index in [0.717, 1.165) is 48.4 Å². The van der Waals surface area contributed by atoms with Crippen molar-refractivity contribution in [1.82, 2.24) is 9.88 Å². The number of nitrogens with zero attached hydrogens (tertiary/aromatic N) is 2. The minimum Gasteiger partial charge on any atom is -0.469 e. The number of pyridine rings is 1. The maximum absolute atomic E-state index is 13.3. The summed E-state index contributed by atoms with van der Waals surface area (Å²) in [6.07, 6.45) is 4.14. The summed E-state index contributed by atoms with van der Waals surface area (Å²) >= 11 is 0. The van der Waals surface area contributed by atoms with E-state index in [-0.39, 0.29) is 18.3 Å². The van der Waals surface area contributed by atoms with E-state index in [2.05, 4.69) is 4.98 Å². The molecule has 1 aromatic heterocycles. The molecule has 3 aliphatic rings. The highest BCUT2D eigenvalue weighted by Gasteiger charge is 2.43. The van der Waals surface area contributed by atoms with Gasteiger partial charge in [-0.05, 0) is 62.4 Å². The maximum atomic E-state index is 13.3. The SMILES string of the molecule is Cc1ccc2c(n1)OC1(CCCC1)CN(Cc1ccc3c(c1)OCO3)C2=O. The topological polar surface area (TPSA) is 60.9 Å². The molecule has 0 N–H and O–H groups in total. The summed E-state index contributed by atoms with van der Waals surface area (Å²) in [7, 11) is 0. The molecule has 2 aromatic rings. The van der Waals surface area contributed by atoms with Crippen LogP contribution in [-0.4, -0.2) is 34.7 Å². The molecule has 27 heavy (non-hydrogen) atoms. The molecule has 6 nitrogen and oxygen atoms in total. The Morgan fingerprint density at radius 3 is 2.78 bits per heavy atom. The Morgan fingerprint density at radius 1 is 1.11 bits per heavy atom. The Kier molecular flexibility index (Phi) is 3.74. The molecule has 0 atom stereocenters. The molecule has 1 saturated carbocycles. The minimum atomic E-state index is -0.335.